The number of phosphoric acid groups is 1. The van der Waals surface area contributed by atoms with Crippen LogP contribution in [-0.4, -0.2) is 81.4 Å². The van der Waals surface area contributed by atoms with Crippen LogP contribution in [0.2, 0.25) is 0 Å². The second-order valence-corrected chi connectivity index (χ2v) is 11.6. The van der Waals surface area contributed by atoms with Crippen LogP contribution < -0.4 is 11.2 Å². The van der Waals surface area contributed by atoms with Gasteiger partial charge in [-0.3, -0.25) is 23.7 Å². The lowest BCUT2D eigenvalue weighted by molar-refractivity contribution is -0.153. The summed E-state index contributed by atoms with van der Waals surface area (Å²) in [5.74, 6) is -1.28. The number of ether oxygens (including phenoxy) is 4. The zero-order valence-corrected chi connectivity index (χ0v) is 24.2. The molecule has 18 heteroatoms. The van der Waals surface area contributed by atoms with Gasteiger partial charge in [-0.1, -0.05) is 13.8 Å². The molecule has 0 amide bonds. The van der Waals surface area contributed by atoms with Gasteiger partial charge in [0.1, 0.15) is 17.3 Å². The number of alkyl halides is 1. The number of aromatic nitrogens is 2. The fraction of sp³-hybridized carbons (Fsp3) is 0.727. The Morgan fingerprint density at radius 2 is 1.80 bits per heavy atom. The summed E-state index contributed by atoms with van der Waals surface area (Å²) in [4.78, 5) is 49.2. The van der Waals surface area contributed by atoms with Crippen molar-refractivity contribution in [3.05, 3.63) is 33.1 Å². The Labute approximate surface area is 234 Å². The lowest BCUT2D eigenvalue weighted by atomic mass is 9.89. The van der Waals surface area contributed by atoms with Crippen molar-refractivity contribution in [1.82, 2.24) is 9.55 Å². The smallest absolute Gasteiger partial charge is 0.438 e. The molecule has 16 nitrogen and oxygen atoms in total. The summed E-state index contributed by atoms with van der Waals surface area (Å²) in [5, 5.41) is 22.0. The normalized spacial score (nSPS) is 26.1. The Bertz CT molecular complexity index is 1150. The number of hydrogen-bond acceptors (Lipinski definition) is 14. The standard InChI is InChI=1S/C22H34ClN2O14P/c1-13(2)8-16(27)33-11-36-40(32,37-12-34-20(30)38-14(3)4)35-10-22(9-23)17(28)21(5,31)18(39-22)25-7-6-15(26)24-19(25)29/h6-7,13-14,17-18,28,31H,8-12H2,1-5H3,(H,24,26,29)/t17-,18+,21+,22+,40?/m0/s1. The Morgan fingerprint density at radius 1 is 1.18 bits per heavy atom. The van der Waals surface area contributed by atoms with Crippen LogP contribution in [0, 0.1) is 5.92 Å². The molecule has 0 radical (unpaired) electrons. The first-order valence-corrected chi connectivity index (χ1v) is 14.0. The fourth-order valence-corrected chi connectivity index (χ4v) is 4.74. The third kappa shape index (κ3) is 8.85. The number of esters is 1. The molecule has 1 aromatic heterocycles. The monoisotopic (exact) mass is 616 g/mol. The molecule has 1 unspecified atom stereocenters. The summed E-state index contributed by atoms with van der Waals surface area (Å²) in [7, 11) is -4.74. The van der Waals surface area contributed by atoms with Gasteiger partial charge < -0.3 is 29.2 Å². The molecule has 0 aliphatic carbocycles. The molecule has 1 aliphatic rings. The summed E-state index contributed by atoms with van der Waals surface area (Å²) in [6.07, 6.45) is -4.03. The molecule has 2 rings (SSSR count). The van der Waals surface area contributed by atoms with E-state index >= 15 is 0 Å². The molecule has 5 atom stereocenters. The average molecular weight is 617 g/mol. The SMILES string of the molecule is CC(C)CC(=O)OCOP(=O)(OCOC(=O)OC(C)C)OC[C@@]1(CCl)O[C@@H](n2ccc(=O)[nH]c2=O)[C@](C)(O)[C@@H]1O. The summed E-state index contributed by atoms with van der Waals surface area (Å²) in [6.45, 7) is 5.08. The van der Waals surface area contributed by atoms with E-state index in [9.17, 15) is 34.0 Å². The van der Waals surface area contributed by atoms with Gasteiger partial charge in [0.2, 0.25) is 13.6 Å². The van der Waals surface area contributed by atoms with Crippen LogP contribution in [0.3, 0.4) is 0 Å². The molecule has 40 heavy (non-hydrogen) atoms. The van der Waals surface area contributed by atoms with E-state index in [1.54, 1.807) is 27.7 Å². The first kappa shape index (κ1) is 33.9. The molecular formula is C22H34ClN2O14P. The summed E-state index contributed by atoms with van der Waals surface area (Å²) in [5.41, 5.74) is -5.86. The maximum Gasteiger partial charge on any atom is 0.510 e. The minimum atomic E-state index is -4.74. The second-order valence-electron chi connectivity index (χ2n) is 9.70. The van der Waals surface area contributed by atoms with Crippen molar-refractivity contribution in [2.45, 2.75) is 70.7 Å². The molecular weight excluding hydrogens is 583 g/mol. The first-order valence-electron chi connectivity index (χ1n) is 12.0. The minimum absolute atomic E-state index is 0.0348. The van der Waals surface area contributed by atoms with Crippen LogP contribution in [0.4, 0.5) is 4.79 Å². The van der Waals surface area contributed by atoms with Crippen LogP contribution in [0.5, 0.6) is 0 Å². The maximum atomic E-state index is 13.3. The predicted molar refractivity (Wildman–Crippen MR) is 135 cm³/mol. The second kappa shape index (κ2) is 14.0. The Kier molecular flexibility index (Phi) is 11.9. The van der Waals surface area contributed by atoms with Gasteiger partial charge in [-0.25, -0.2) is 23.2 Å². The molecule has 0 saturated carbocycles. The van der Waals surface area contributed by atoms with Crippen LogP contribution in [0.25, 0.3) is 0 Å². The molecule has 2 heterocycles. The largest absolute Gasteiger partial charge is 0.510 e. The lowest BCUT2D eigenvalue weighted by Crippen LogP contribution is -2.53. The van der Waals surface area contributed by atoms with Crippen molar-refractivity contribution in [3.63, 3.8) is 0 Å². The Morgan fingerprint density at radius 3 is 2.35 bits per heavy atom. The van der Waals surface area contributed by atoms with Gasteiger partial charge >= 0.3 is 25.6 Å². The molecule has 1 aromatic rings. The fourth-order valence-electron chi connectivity index (χ4n) is 3.49. The number of nitrogens with one attached hydrogen (secondary N) is 1. The highest BCUT2D eigenvalue weighted by molar-refractivity contribution is 7.48. The van der Waals surface area contributed by atoms with Gasteiger partial charge in [0.25, 0.3) is 5.56 Å². The van der Waals surface area contributed by atoms with E-state index in [-0.39, 0.29) is 12.3 Å². The number of phosphoric ester groups is 1. The lowest BCUT2D eigenvalue weighted by Gasteiger charge is -2.32. The van der Waals surface area contributed by atoms with E-state index in [1.807, 2.05) is 4.98 Å². The van der Waals surface area contributed by atoms with Gasteiger partial charge in [0, 0.05) is 18.7 Å². The minimum Gasteiger partial charge on any atom is -0.438 e. The number of nitrogens with zero attached hydrogens (tertiary/aromatic N) is 1. The van der Waals surface area contributed by atoms with Crippen molar-refractivity contribution in [2.24, 2.45) is 5.92 Å². The maximum absolute atomic E-state index is 13.3. The Balaban J connectivity index is 2.22. The van der Waals surface area contributed by atoms with E-state index in [1.165, 1.54) is 0 Å². The van der Waals surface area contributed by atoms with Gasteiger partial charge in [0.05, 0.1) is 18.6 Å². The number of aliphatic hydroxyl groups is 2. The van der Waals surface area contributed by atoms with Crippen molar-refractivity contribution < 1.29 is 56.9 Å². The van der Waals surface area contributed by atoms with Crippen molar-refractivity contribution in [1.29, 1.82) is 0 Å². The van der Waals surface area contributed by atoms with E-state index in [0.29, 0.717) is 0 Å². The molecule has 228 valence electrons. The molecule has 1 aliphatic heterocycles. The molecule has 3 N–H and O–H groups in total. The number of aliphatic hydroxyl groups excluding tert-OH is 1. The average Bonchev–Trinajstić information content (AvgIpc) is 3.03. The number of aromatic amines is 1. The van der Waals surface area contributed by atoms with Gasteiger partial charge in [-0.15, -0.1) is 11.6 Å². The highest BCUT2D eigenvalue weighted by Crippen LogP contribution is 2.52. The van der Waals surface area contributed by atoms with Gasteiger partial charge in [0.15, 0.2) is 6.23 Å². The first-order chi connectivity index (χ1) is 18.5. The number of carbonyl (C=O) groups is 2. The quantitative estimate of drug-likeness (QED) is 0.117. The molecule has 1 saturated heterocycles. The van der Waals surface area contributed by atoms with Crippen molar-refractivity contribution in [2.75, 3.05) is 26.1 Å². The highest BCUT2D eigenvalue weighted by atomic mass is 35.5. The van der Waals surface area contributed by atoms with Crippen LogP contribution >= 0.6 is 19.4 Å². The number of hydrogen-bond donors (Lipinski definition) is 3. The van der Waals surface area contributed by atoms with E-state index < -0.39 is 86.9 Å². The van der Waals surface area contributed by atoms with Crippen molar-refractivity contribution >= 4 is 31.5 Å². The molecule has 0 spiro atoms. The summed E-state index contributed by atoms with van der Waals surface area (Å²) in [6, 6.07) is 0.991. The van der Waals surface area contributed by atoms with E-state index in [0.717, 1.165) is 23.8 Å². The van der Waals surface area contributed by atoms with E-state index in [2.05, 4.69) is 4.74 Å². The van der Waals surface area contributed by atoms with Crippen LogP contribution in [0.1, 0.15) is 47.3 Å². The topological polar surface area (TPSA) is 211 Å². The van der Waals surface area contributed by atoms with Gasteiger partial charge in [-0.2, -0.15) is 0 Å². The number of halogens is 1. The number of rotatable bonds is 14. The summed E-state index contributed by atoms with van der Waals surface area (Å²) < 4.78 is 49.5. The molecule has 1 fully saturated rings. The van der Waals surface area contributed by atoms with Crippen LogP contribution in [0.15, 0.2) is 21.9 Å². The van der Waals surface area contributed by atoms with E-state index in [4.69, 9.17) is 39.4 Å². The third-order valence-corrected chi connectivity index (χ3v) is 7.16. The highest BCUT2D eigenvalue weighted by Gasteiger charge is 2.62. The van der Waals surface area contributed by atoms with Crippen molar-refractivity contribution in [3.8, 4) is 0 Å². The third-order valence-electron chi connectivity index (χ3n) is 5.42. The predicted octanol–water partition coefficient (Wildman–Crippen LogP) is 1.38. The number of H-pyrrole nitrogens is 1. The Hall–Kier alpha value is -2.30. The molecule has 0 aromatic carbocycles. The zero-order valence-electron chi connectivity index (χ0n) is 22.6. The summed E-state index contributed by atoms with van der Waals surface area (Å²) >= 11 is 6.07. The van der Waals surface area contributed by atoms with Gasteiger partial charge in [-0.05, 0) is 26.7 Å². The number of carbonyl (C=O) groups excluding carboxylic acids is 2. The van der Waals surface area contributed by atoms with Crippen LogP contribution in [-0.2, 0) is 41.9 Å². The molecule has 0 bridgehead atoms. The zero-order chi connectivity index (χ0) is 30.3.